The van der Waals surface area contributed by atoms with Gasteiger partial charge in [-0.15, -0.1) is 0 Å². The fourth-order valence-corrected chi connectivity index (χ4v) is 15.0. The predicted molar refractivity (Wildman–Crippen MR) is 350 cm³/mol. The van der Waals surface area contributed by atoms with Crippen LogP contribution in [0.2, 0.25) is 0 Å². The molecule has 1 aliphatic heterocycles. The number of nitrogens with one attached hydrogen (secondary N) is 1. The lowest BCUT2D eigenvalue weighted by atomic mass is 9.57. The molecule has 3 heterocycles. The van der Waals surface area contributed by atoms with Crippen LogP contribution in [0.1, 0.15) is 120 Å². The van der Waals surface area contributed by atoms with Crippen LogP contribution >= 0.6 is 0 Å². The molecular formula is C77H71BN2O2. The van der Waals surface area contributed by atoms with Crippen LogP contribution in [0.5, 0.6) is 0 Å². The van der Waals surface area contributed by atoms with Gasteiger partial charge in [0.25, 0.3) is 0 Å². The van der Waals surface area contributed by atoms with E-state index in [2.05, 4.69) is 256 Å². The van der Waals surface area contributed by atoms with E-state index in [4.69, 9.17) is 8.83 Å². The van der Waals surface area contributed by atoms with Crippen molar-refractivity contribution in [3.8, 4) is 33.4 Å². The van der Waals surface area contributed by atoms with E-state index in [-0.39, 0.29) is 21.7 Å². The van der Waals surface area contributed by atoms with Crippen molar-refractivity contribution >= 4 is 101 Å². The Balaban J connectivity index is 0.999. The Morgan fingerprint density at radius 2 is 0.976 bits per heavy atom. The Kier molecular flexibility index (Phi) is 11.0. The van der Waals surface area contributed by atoms with Crippen LogP contribution in [0.15, 0.2) is 179 Å². The van der Waals surface area contributed by atoms with Crippen LogP contribution in [0.3, 0.4) is 0 Å². The number of furan rings is 2. The summed E-state index contributed by atoms with van der Waals surface area (Å²) < 4.78 is 14.2. The SMILES string of the molecule is Cc1cc(C)c(-c2cc(-c3ccc4ccccc4c3Nc3ccc(-c4ccccc4)cc3)c3c(c2)N(c2ccc4c(c2)oc2cc5c(cc24)C(C)(C)CCC5(C)C)c2cc4oc5cc6c(cc5c4cc2B3)C(C)(C)CCC6(C)C)c(C)c1. The Morgan fingerprint density at radius 1 is 0.427 bits per heavy atom. The molecule has 82 heavy (non-hydrogen) atoms. The van der Waals surface area contributed by atoms with Crippen molar-refractivity contribution in [1.82, 2.24) is 0 Å². The van der Waals surface area contributed by atoms with Gasteiger partial charge < -0.3 is 19.1 Å². The summed E-state index contributed by atoms with van der Waals surface area (Å²) >= 11 is 0. The van der Waals surface area contributed by atoms with Gasteiger partial charge in [-0.2, -0.15) is 0 Å². The van der Waals surface area contributed by atoms with Gasteiger partial charge >= 0.3 is 0 Å². The van der Waals surface area contributed by atoms with E-state index < -0.39 is 0 Å². The van der Waals surface area contributed by atoms with Crippen molar-refractivity contribution in [3.63, 3.8) is 0 Å². The smallest absolute Gasteiger partial charge is 0.198 e. The first-order valence-electron chi connectivity index (χ1n) is 29.8. The molecule has 0 bridgehead atoms. The standard InChI is InChI=1S/C77H71BN2O2/c1-44-33-45(2)71(46(3)34-44)50-35-59(55-27-23-49-19-15-16-20-53(49)73(55)79-51-24-21-48(22-25-51)47-17-13-12-14-18-47)72-66(36-50)80(52-26-28-54-56-38-60-62(41-68(56)81-67(54)37-52)76(8,9)31-29-74(60,4)5)65-43-70-58(40-64(65)78-72)57-39-61-63(42-69(57)82-70)77(10,11)32-30-75(61,6)7/h12-28,33-43,78-79H,29-32H2,1-11H3. The van der Waals surface area contributed by atoms with Gasteiger partial charge in [-0.3, -0.25) is 0 Å². The zero-order valence-electron chi connectivity index (χ0n) is 49.5. The molecule has 3 aliphatic rings. The molecule has 0 atom stereocenters. The molecule has 1 N–H and O–H groups in total. The zero-order chi connectivity index (χ0) is 56.4. The first-order chi connectivity index (χ1) is 39.3. The number of fused-ring (bicyclic) bond motifs is 11. The van der Waals surface area contributed by atoms with Gasteiger partial charge in [0.15, 0.2) is 7.28 Å². The quantitative estimate of drug-likeness (QED) is 0.169. The minimum atomic E-state index is 0.0566. The predicted octanol–water partition coefficient (Wildman–Crippen LogP) is 20.2. The van der Waals surface area contributed by atoms with Crippen molar-refractivity contribution in [2.45, 2.75) is 124 Å². The van der Waals surface area contributed by atoms with Crippen LogP contribution < -0.4 is 21.1 Å². The Labute approximate surface area is 483 Å². The van der Waals surface area contributed by atoms with Gasteiger partial charge in [-0.05, 0) is 201 Å². The summed E-state index contributed by atoms with van der Waals surface area (Å²) in [5.74, 6) is 0. The third kappa shape index (κ3) is 7.93. The van der Waals surface area contributed by atoms with Gasteiger partial charge in [0, 0.05) is 67.4 Å². The molecule has 12 aromatic rings. The largest absolute Gasteiger partial charge is 0.456 e. The monoisotopic (exact) mass is 1070 g/mol. The summed E-state index contributed by atoms with van der Waals surface area (Å²) in [5, 5.41) is 11.1. The average Bonchev–Trinajstić information content (AvgIpc) is 2.87. The van der Waals surface area contributed by atoms with E-state index in [0.29, 0.717) is 0 Å². The Hall–Kier alpha value is -8.28. The molecule has 0 amide bonds. The van der Waals surface area contributed by atoms with Gasteiger partial charge in [-0.25, -0.2) is 0 Å². The molecule has 0 fully saturated rings. The summed E-state index contributed by atoms with van der Waals surface area (Å²) in [6.45, 7) is 26.0. The molecular weight excluding hydrogens is 996 g/mol. The first-order valence-corrected chi connectivity index (χ1v) is 29.8. The van der Waals surface area contributed by atoms with E-state index in [9.17, 15) is 0 Å². The number of aryl methyl sites for hydroxylation is 3. The molecule has 404 valence electrons. The number of hydrogen-bond acceptors (Lipinski definition) is 4. The summed E-state index contributed by atoms with van der Waals surface area (Å²) in [4.78, 5) is 2.53. The highest BCUT2D eigenvalue weighted by Crippen LogP contribution is 2.52. The second-order valence-corrected chi connectivity index (χ2v) is 27.3. The lowest BCUT2D eigenvalue weighted by molar-refractivity contribution is 0.332. The molecule has 5 heteroatoms. The number of benzene rings is 10. The summed E-state index contributed by atoms with van der Waals surface area (Å²) in [7, 11) is 0.719. The molecule has 0 saturated carbocycles. The molecule has 4 nitrogen and oxygen atoms in total. The van der Waals surface area contributed by atoms with Crippen molar-refractivity contribution in [3.05, 3.63) is 209 Å². The van der Waals surface area contributed by atoms with E-state index in [1.165, 1.54) is 99.2 Å². The highest BCUT2D eigenvalue weighted by Gasteiger charge is 2.40. The summed E-state index contributed by atoms with van der Waals surface area (Å²) in [5.41, 5.74) is 28.6. The molecule has 0 spiro atoms. The van der Waals surface area contributed by atoms with E-state index in [1.807, 2.05) is 0 Å². The van der Waals surface area contributed by atoms with E-state index >= 15 is 0 Å². The minimum absolute atomic E-state index is 0.0566. The molecule has 15 rings (SSSR count). The van der Waals surface area contributed by atoms with Crippen molar-refractivity contribution in [1.29, 1.82) is 0 Å². The molecule has 0 radical (unpaired) electrons. The van der Waals surface area contributed by atoms with Gasteiger partial charge in [0.2, 0.25) is 0 Å². The van der Waals surface area contributed by atoms with Crippen LogP contribution in [0, 0.1) is 20.8 Å². The van der Waals surface area contributed by atoms with Crippen LogP contribution in [0.4, 0.5) is 28.4 Å². The fourth-order valence-electron chi connectivity index (χ4n) is 15.0. The van der Waals surface area contributed by atoms with Gasteiger partial charge in [-0.1, -0.05) is 163 Å². The van der Waals surface area contributed by atoms with Crippen molar-refractivity contribution in [2.75, 3.05) is 10.2 Å². The molecule has 10 aromatic carbocycles. The first kappa shape index (κ1) is 50.7. The van der Waals surface area contributed by atoms with E-state index in [0.717, 1.165) is 100 Å². The molecule has 0 unspecified atom stereocenters. The Bertz CT molecular complexity index is 4640. The molecule has 2 aliphatic carbocycles. The highest BCUT2D eigenvalue weighted by atomic mass is 16.3. The summed E-state index contributed by atoms with van der Waals surface area (Å²) in [6, 6.07) is 64.2. The van der Waals surface area contributed by atoms with Gasteiger partial charge in [0.1, 0.15) is 22.3 Å². The maximum atomic E-state index is 7.13. The topological polar surface area (TPSA) is 41.5 Å². The second kappa shape index (κ2) is 17.9. The van der Waals surface area contributed by atoms with Crippen LogP contribution in [-0.2, 0) is 21.7 Å². The van der Waals surface area contributed by atoms with Crippen LogP contribution in [0.25, 0.3) is 88.0 Å². The molecule has 2 aromatic heterocycles. The van der Waals surface area contributed by atoms with E-state index in [1.54, 1.807) is 0 Å². The summed E-state index contributed by atoms with van der Waals surface area (Å²) in [6.07, 6.45) is 4.61. The number of hydrogen-bond donors (Lipinski definition) is 1. The normalized spacial score (nSPS) is 16.5. The second-order valence-electron chi connectivity index (χ2n) is 27.3. The Morgan fingerprint density at radius 3 is 1.62 bits per heavy atom. The zero-order valence-corrected chi connectivity index (χ0v) is 49.5. The van der Waals surface area contributed by atoms with Crippen LogP contribution in [-0.4, -0.2) is 7.28 Å². The lowest BCUT2D eigenvalue weighted by Gasteiger charge is -2.41. The highest BCUT2D eigenvalue weighted by molar-refractivity contribution is 6.73. The number of rotatable bonds is 6. The van der Waals surface area contributed by atoms with Crippen molar-refractivity contribution in [2.24, 2.45) is 0 Å². The van der Waals surface area contributed by atoms with Gasteiger partial charge in [0.05, 0.1) is 5.69 Å². The number of nitrogens with zero attached hydrogens (tertiary/aromatic N) is 1. The maximum Gasteiger partial charge on any atom is 0.198 e. The number of anilines is 5. The minimum Gasteiger partial charge on any atom is -0.456 e. The maximum absolute atomic E-state index is 7.13. The lowest BCUT2D eigenvalue weighted by Crippen LogP contribution is -2.41. The third-order valence-electron chi connectivity index (χ3n) is 19.9. The van der Waals surface area contributed by atoms with Crippen molar-refractivity contribution < 1.29 is 8.83 Å². The molecule has 0 saturated heterocycles. The average molecular weight is 1070 g/mol. The fraction of sp³-hybridized carbons (Fsp3) is 0.247. The third-order valence-corrected chi connectivity index (χ3v) is 19.9.